The Morgan fingerprint density at radius 3 is 2.62 bits per heavy atom. The van der Waals surface area contributed by atoms with Crippen LogP contribution in [0.2, 0.25) is 0 Å². The summed E-state index contributed by atoms with van der Waals surface area (Å²) in [6, 6.07) is 15.4. The highest BCUT2D eigenvalue weighted by Crippen LogP contribution is 2.44. The Morgan fingerprint density at radius 2 is 1.83 bits per heavy atom. The van der Waals surface area contributed by atoms with Gasteiger partial charge in [-0.15, -0.1) is 0 Å². The van der Waals surface area contributed by atoms with Crippen molar-refractivity contribution in [1.82, 2.24) is 0 Å². The molecule has 2 N–H and O–H groups in total. The highest BCUT2D eigenvalue weighted by molar-refractivity contribution is 5.45. The molecule has 0 radical (unpaired) electrons. The Bertz CT molecular complexity index is 717. The first-order valence-electron chi connectivity index (χ1n) is 8.08. The third kappa shape index (κ3) is 2.65. The van der Waals surface area contributed by atoms with Gasteiger partial charge in [-0.2, -0.15) is 0 Å². The Labute approximate surface area is 140 Å². The number of hydrogen-bond acceptors (Lipinski definition) is 5. The lowest BCUT2D eigenvalue weighted by Crippen LogP contribution is -2.41. The molecule has 0 unspecified atom stereocenters. The lowest BCUT2D eigenvalue weighted by molar-refractivity contribution is -0.0149. The summed E-state index contributed by atoms with van der Waals surface area (Å²) < 4.78 is 16.6. The van der Waals surface area contributed by atoms with Gasteiger partial charge in [-0.1, -0.05) is 36.4 Å². The van der Waals surface area contributed by atoms with E-state index in [1.54, 1.807) is 0 Å². The van der Waals surface area contributed by atoms with Gasteiger partial charge < -0.3 is 24.4 Å². The Morgan fingerprint density at radius 1 is 1.04 bits per heavy atom. The van der Waals surface area contributed by atoms with Crippen molar-refractivity contribution in [3.8, 4) is 11.5 Å². The minimum Gasteiger partial charge on any atom is -0.454 e. The fraction of sp³-hybridized carbons (Fsp3) is 0.368. The maximum absolute atomic E-state index is 11.1. The molecule has 1 fully saturated rings. The molecule has 24 heavy (non-hydrogen) atoms. The number of ether oxygens (including phenoxy) is 3. The number of rotatable bonds is 4. The third-order valence-corrected chi connectivity index (χ3v) is 4.84. The monoisotopic (exact) mass is 328 g/mol. The molecule has 5 nitrogen and oxygen atoms in total. The van der Waals surface area contributed by atoms with Crippen LogP contribution in [-0.2, 0) is 11.2 Å². The zero-order valence-electron chi connectivity index (χ0n) is 13.2. The van der Waals surface area contributed by atoms with Crippen molar-refractivity contribution in [3.05, 3.63) is 59.7 Å². The smallest absolute Gasteiger partial charge is 0.231 e. The van der Waals surface area contributed by atoms with Crippen molar-refractivity contribution in [2.45, 2.75) is 18.1 Å². The van der Waals surface area contributed by atoms with E-state index < -0.39 is 11.5 Å². The molecule has 1 saturated heterocycles. The average Bonchev–Trinajstić information content (AvgIpc) is 3.19. The molecule has 2 aromatic carbocycles. The maximum atomic E-state index is 11.1. The van der Waals surface area contributed by atoms with E-state index in [-0.39, 0.29) is 26.1 Å². The van der Waals surface area contributed by atoms with E-state index in [9.17, 15) is 10.2 Å². The maximum Gasteiger partial charge on any atom is 0.231 e. The molecule has 0 saturated carbocycles. The summed E-state index contributed by atoms with van der Waals surface area (Å²) >= 11 is 0. The van der Waals surface area contributed by atoms with E-state index in [0.29, 0.717) is 17.9 Å². The molecule has 2 aromatic rings. The molecule has 0 aliphatic carbocycles. The van der Waals surface area contributed by atoms with Gasteiger partial charge in [-0.05, 0) is 23.3 Å². The van der Waals surface area contributed by atoms with Crippen LogP contribution in [0.25, 0.3) is 0 Å². The quantitative estimate of drug-likeness (QED) is 0.899. The molecule has 4 rings (SSSR count). The Balaban J connectivity index is 1.59. The van der Waals surface area contributed by atoms with Gasteiger partial charge in [0.15, 0.2) is 11.5 Å². The molecule has 3 atom stereocenters. The highest BCUT2D eigenvalue weighted by Gasteiger charge is 2.48. The first-order valence-corrected chi connectivity index (χ1v) is 8.08. The van der Waals surface area contributed by atoms with Gasteiger partial charge in [-0.25, -0.2) is 0 Å². The van der Waals surface area contributed by atoms with E-state index in [0.717, 1.165) is 11.1 Å². The molecular weight excluding hydrogens is 308 g/mol. The summed E-state index contributed by atoms with van der Waals surface area (Å²) in [4.78, 5) is 0. The van der Waals surface area contributed by atoms with Crippen LogP contribution in [0.5, 0.6) is 11.5 Å². The highest BCUT2D eigenvalue weighted by atomic mass is 16.7. The van der Waals surface area contributed by atoms with Gasteiger partial charge in [0.25, 0.3) is 0 Å². The molecule has 0 spiro atoms. The Hall–Kier alpha value is -2.08. The number of benzene rings is 2. The molecular formula is C19H20O5. The topological polar surface area (TPSA) is 68.2 Å². The lowest BCUT2D eigenvalue weighted by Gasteiger charge is -2.29. The van der Waals surface area contributed by atoms with E-state index in [1.165, 1.54) is 0 Å². The van der Waals surface area contributed by atoms with Crippen LogP contribution in [0.1, 0.15) is 17.2 Å². The molecule has 2 aliphatic heterocycles. The van der Waals surface area contributed by atoms with Gasteiger partial charge in [-0.3, -0.25) is 0 Å². The normalized spacial score (nSPS) is 28.2. The summed E-state index contributed by atoms with van der Waals surface area (Å²) in [7, 11) is 0. The largest absolute Gasteiger partial charge is 0.454 e. The summed E-state index contributed by atoms with van der Waals surface area (Å²) in [5, 5.41) is 21.0. The van der Waals surface area contributed by atoms with Gasteiger partial charge in [0.05, 0.1) is 24.9 Å². The van der Waals surface area contributed by atoms with Gasteiger partial charge >= 0.3 is 0 Å². The van der Waals surface area contributed by atoms with Crippen molar-refractivity contribution in [2.75, 3.05) is 20.0 Å². The summed E-state index contributed by atoms with van der Waals surface area (Å²) in [6.07, 6.45) is 0.0679. The van der Waals surface area contributed by atoms with Crippen molar-refractivity contribution in [3.63, 3.8) is 0 Å². The molecule has 2 aliphatic rings. The zero-order chi connectivity index (χ0) is 16.6. The first kappa shape index (κ1) is 15.4. The number of fused-ring (bicyclic) bond motifs is 1. The second kappa shape index (κ2) is 6.09. The van der Waals surface area contributed by atoms with Crippen molar-refractivity contribution < 1.29 is 24.4 Å². The Kier molecular flexibility index (Phi) is 3.92. The van der Waals surface area contributed by atoms with Crippen molar-refractivity contribution in [1.29, 1.82) is 0 Å². The van der Waals surface area contributed by atoms with Gasteiger partial charge in [0, 0.05) is 12.3 Å². The molecule has 0 bridgehead atoms. The zero-order valence-corrected chi connectivity index (χ0v) is 13.2. The fourth-order valence-electron chi connectivity index (χ4n) is 3.55. The number of aliphatic hydroxyl groups excluding tert-OH is 1. The summed E-state index contributed by atoms with van der Waals surface area (Å²) in [5.41, 5.74) is 0.799. The molecule has 5 heteroatoms. The van der Waals surface area contributed by atoms with E-state index in [2.05, 4.69) is 0 Å². The van der Waals surface area contributed by atoms with Crippen LogP contribution in [0.4, 0.5) is 0 Å². The van der Waals surface area contributed by atoms with Crippen LogP contribution in [-0.4, -0.2) is 35.8 Å². The molecule has 126 valence electrons. The lowest BCUT2D eigenvalue weighted by atomic mass is 9.80. The van der Waals surface area contributed by atoms with Crippen molar-refractivity contribution in [2.24, 2.45) is 5.92 Å². The number of hydrogen-bond donors (Lipinski definition) is 2. The molecule has 0 aromatic heterocycles. The van der Waals surface area contributed by atoms with Crippen LogP contribution < -0.4 is 9.47 Å². The SMILES string of the molecule is OC[C@@H]1[C@H](c2ccc3c(c2)OCO3)OC[C@@]1(O)Cc1ccccc1. The second-order valence-corrected chi connectivity index (χ2v) is 6.40. The van der Waals surface area contributed by atoms with Crippen molar-refractivity contribution >= 4 is 0 Å². The van der Waals surface area contributed by atoms with Crippen LogP contribution >= 0.6 is 0 Å². The number of aliphatic hydroxyl groups is 2. The fourth-order valence-corrected chi connectivity index (χ4v) is 3.55. The van der Waals surface area contributed by atoms with E-state index in [4.69, 9.17) is 14.2 Å². The second-order valence-electron chi connectivity index (χ2n) is 6.40. The third-order valence-electron chi connectivity index (χ3n) is 4.84. The molecule has 2 heterocycles. The van der Waals surface area contributed by atoms with Crippen LogP contribution in [0.15, 0.2) is 48.5 Å². The first-order chi connectivity index (χ1) is 11.7. The summed E-state index contributed by atoms with van der Waals surface area (Å²) in [6.45, 7) is 0.250. The van der Waals surface area contributed by atoms with Gasteiger partial charge in [0.2, 0.25) is 6.79 Å². The minimum absolute atomic E-state index is 0.150. The van der Waals surface area contributed by atoms with E-state index >= 15 is 0 Å². The molecule has 0 amide bonds. The van der Waals surface area contributed by atoms with E-state index in [1.807, 2.05) is 48.5 Å². The summed E-state index contributed by atoms with van der Waals surface area (Å²) in [5.74, 6) is 0.973. The standard InChI is InChI=1S/C19H20O5/c20-10-15-18(14-6-7-16-17(8-14)24-12-23-16)22-11-19(15,21)9-13-4-2-1-3-5-13/h1-8,15,18,20-21H,9-12H2/t15-,18+,19+/m1/s1. The van der Waals surface area contributed by atoms with Gasteiger partial charge in [0.1, 0.15) is 0 Å². The average molecular weight is 328 g/mol. The predicted octanol–water partition coefficient (Wildman–Crippen LogP) is 2.07. The minimum atomic E-state index is -1.10. The van der Waals surface area contributed by atoms with Crippen LogP contribution in [0.3, 0.4) is 0 Å². The predicted molar refractivity (Wildman–Crippen MR) is 86.9 cm³/mol. The van der Waals surface area contributed by atoms with Crippen LogP contribution in [0, 0.1) is 5.92 Å².